The molecule has 0 unspecified atom stereocenters. The van der Waals surface area contributed by atoms with Crippen LogP contribution in [0.1, 0.15) is 11.1 Å². The first-order chi connectivity index (χ1) is 14.7. The summed E-state index contributed by atoms with van der Waals surface area (Å²) in [7, 11) is 4.37. The molecule has 0 aliphatic carbocycles. The smallest absolute Gasteiger partial charge is 0.416 e. The molecule has 1 heterocycles. The van der Waals surface area contributed by atoms with Crippen LogP contribution >= 0.6 is 0 Å². The molecule has 2 aromatic rings. The number of rotatable bonds is 5. The molecule has 0 bridgehead atoms. The third kappa shape index (κ3) is 4.57. The van der Waals surface area contributed by atoms with Crippen molar-refractivity contribution in [2.24, 2.45) is 0 Å². The van der Waals surface area contributed by atoms with E-state index in [-0.39, 0.29) is 17.9 Å². The van der Waals surface area contributed by atoms with Gasteiger partial charge in [0.2, 0.25) is 11.7 Å². The van der Waals surface area contributed by atoms with Crippen molar-refractivity contribution in [1.29, 1.82) is 0 Å². The van der Waals surface area contributed by atoms with Crippen molar-refractivity contribution < 1.29 is 37.0 Å². The Morgan fingerprint density at radius 1 is 1.06 bits per heavy atom. The third-order valence-electron chi connectivity index (χ3n) is 4.56. The zero-order chi connectivity index (χ0) is 22.8. The second-order valence-corrected chi connectivity index (χ2v) is 6.49. The van der Waals surface area contributed by atoms with Gasteiger partial charge in [-0.05, 0) is 42.0 Å². The predicted molar refractivity (Wildman–Crippen MR) is 108 cm³/mol. The monoisotopic (exact) mass is 436 g/mol. The lowest BCUT2D eigenvalue weighted by Crippen LogP contribution is -2.41. The maximum atomic E-state index is 13.0. The number of fused-ring (bicyclic) bond motifs is 1. The fourth-order valence-electron chi connectivity index (χ4n) is 3.12. The highest BCUT2D eigenvalue weighted by Gasteiger charge is 2.33. The minimum absolute atomic E-state index is 0.0828. The second kappa shape index (κ2) is 8.58. The molecule has 10 heteroatoms. The molecule has 3 rings (SSSR count). The van der Waals surface area contributed by atoms with Crippen molar-refractivity contribution in [3.05, 3.63) is 47.5 Å². The van der Waals surface area contributed by atoms with Gasteiger partial charge in [0.05, 0.1) is 38.3 Å². The van der Waals surface area contributed by atoms with E-state index in [1.807, 2.05) is 0 Å². The number of nitrogens with one attached hydrogen (secondary N) is 1. The van der Waals surface area contributed by atoms with Crippen LogP contribution in [-0.4, -0.2) is 39.7 Å². The molecule has 31 heavy (non-hydrogen) atoms. The summed E-state index contributed by atoms with van der Waals surface area (Å²) in [5.41, 5.74) is -0.279. The van der Waals surface area contributed by atoms with Crippen molar-refractivity contribution >= 4 is 29.3 Å². The molecule has 0 fully saturated rings. The Hall–Kier alpha value is -3.69. The summed E-state index contributed by atoms with van der Waals surface area (Å²) in [5, 5.41) is 2.37. The summed E-state index contributed by atoms with van der Waals surface area (Å²) in [6, 6.07) is 6.06. The number of methoxy groups -OCH3 is 3. The van der Waals surface area contributed by atoms with Gasteiger partial charge in [0.1, 0.15) is 6.54 Å². The summed E-state index contributed by atoms with van der Waals surface area (Å²) in [6.07, 6.45) is -1.89. The van der Waals surface area contributed by atoms with Gasteiger partial charge in [-0.25, -0.2) is 0 Å². The van der Waals surface area contributed by atoms with Gasteiger partial charge >= 0.3 is 6.18 Å². The average Bonchev–Trinajstić information content (AvgIpc) is 2.74. The van der Waals surface area contributed by atoms with Gasteiger partial charge in [0, 0.05) is 6.08 Å². The van der Waals surface area contributed by atoms with Crippen LogP contribution < -0.4 is 24.4 Å². The molecule has 0 radical (unpaired) electrons. The minimum Gasteiger partial charge on any atom is -0.493 e. The van der Waals surface area contributed by atoms with Gasteiger partial charge in [-0.1, -0.05) is 0 Å². The molecule has 0 atom stereocenters. The van der Waals surface area contributed by atoms with Crippen molar-refractivity contribution in [3.8, 4) is 17.2 Å². The summed E-state index contributed by atoms with van der Waals surface area (Å²) in [5.74, 6) is -0.0193. The Morgan fingerprint density at radius 2 is 1.71 bits per heavy atom. The summed E-state index contributed by atoms with van der Waals surface area (Å²) < 4.78 is 54.7. The number of alkyl halides is 3. The molecular weight excluding hydrogens is 417 g/mol. The largest absolute Gasteiger partial charge is 0.493 e. The van der Waals surface area contributed by atoms with Crippen molar-refractivity contribution in [2.45, 2.75) is 6.18 Å². The lowest BCUT2D eigenvalue weighted by molar-refractivity contribution is -0.137. The highest BCUT2D eigenvalue weighted by molar-refractivity contribution is 6.14. The molecule has 2 aromatic carbocycles. The molecule has 0 saturated carbocycles. The summed E-state index contributed by atoms with van der Waals surface area (Å²) >= 11 is 0. The number of hydrogen-bond acceptors (Lipinski definition) is 5. The van der Waals surface area contributed by atoms with E-state index in [0.29, 0.717) is 22.8 Å². The lowest BCUT2D eigenvalue weighted by atomic mass is 10.1. The Bertz CT molecular complexity index is 1020. The molecule has 7 nitrogen and oxygen atoms in total. The van der Waals surface area contributed by atoms with Crippen LogP contribution in [-0.2, 0) is 15.8 Å². The van der Waals surface area contributed by atoms with E-state index in [2.05, 4.69) is 5.32 Å². The second-order valence-electron chi connectivity index (χ2n) is 6.49. The Kier molecular flexibility index (Phi) is 6.09. The fraction of sp³-hybridized carbons (Fsp3) is 0.238. The average molecular weight is 436 g/mol. The van der Waals surface area contributed by atoms with Gasteiger partial charge in [0.25, 0.3) is 5.91 Å². The van der Waals surface area contributed by atoms with Crippen LogP contribution in [0.2, 0.25) is 0 Å². The van der Waals surface area contributed by atoms with E-state index in [0.717, 1.165) is 23.1 Å². The van der Waals surface area contributed by atoms with E-state index in [4.69, 9.17) is 14.2 Å². The van der Waals surface area contributed by atoms with E-state index < -0.39 is 23.6 Å². The third-order valence-corrected chi connectivity index (χ3v) is 4.56. The number of ether oxygens (including phenoxy) is 3. The van der Waals surface area contributed by atoms with Crippen LogP contribution in [0.3, 0.4) is 0 Å². The van der Waals surface area contributed by atoms with Crippen LogP contribution in [0, 0.1) is 0 Å². The van der Waals surface area contributed by atoms with Gasteiger partial charge in [0.15, 0.2) is 11.5 Å². The Morgan fingerprint density at radius 3 is 2.26 bits per heavy atom. The molecule has 0 spiro atoms. The first-order valence-corrected chi connectivity index (χ1v) is 8.98. The van der Waals surface area contributed by atoms with Gasteiger partial charge in [-0.2, -0.15) is 13.2 Å². The molecule has 2 amide bonds. The van der Waals surface area contributed by atoms with Gasteiger partial charge < -0.3 is 19.5 Å². The van der Waals surface area contributed by atoms with Gasteiger partial charge in [-0.15, -0.1) is 0 Å². The topological polar surface area (TPSA) is 77.1 Å². The molecule has 1 N–H and O–H groups in total. The van der Waals surface area contributed by atoms with E-state index in [1.165, 1.54) is 33.5 Å². The summed E-state index contributed by atoms with van der Waals surface area (Å²) in [6.45, 7) is -0.323. The minimum atomic E-state index is -4.57. The maximum Gasteiger partial charge on any atom is 0.416 e. The predicted octanol–water partition coefficient (Wildman–Crippen LogP) is 3.73. The quantitative estimate of drug-likeness (QED) is 0.723. The number of nitrogens with zero attached hydrogens (tertiary/aromatic N) is 1. The zero-order valence-electron chi connectivity index (χ0n) is 16.9. The number of benzene rings is 2. The highest BCUT2D eigenvalue weighted by Crippen LogP contribution is 2.39. The van der Waals surface area contributed by atoms with Crippen LogP contribution in [0.15, 0.2) is 36.4 Å². The van der Waals surface area contributed by atoms with E-state index in [1.54, 1.807) is 12.1 Å². The maximum absolute atomic E-state index is 13.0. The van der Waals surface area contributed by atoms with Crippen LogP contribution in [0.4, 0.5) is 24.5 Å². The molecule has 0 saturated heterocycles. The number of halogens is 3. The zero-order valence-corrected chi connectivity index (χ0v) is 16.9. The van der Waals surface area contributed by atoms with Crippen LogP contribution in [0.25, 0.3) is 6.08 Å². The molecule has 1 aliphatic rings. The Balaban J connectivity index is 1.91. The van der Waals surface area contributed by atoms with Crippen molar-refractivity contribution in [2.75, 3.05) is 38.1 Å². The van der Waals surface area contributed by atoms with E-state index in [9.17, 15) is 22.8 Å². The number of amides is 2. The number of carbonyl (C=O) groups excluding carboxylic acids is 2. The standard InChI is InChI=1S/C21H19F3N2O5/c1-29-16-8-12(9-17(30-2)20(16)31-3)4-7-19(28)26-11-18(27)25-14-10-13(21(22,23)24)5-6-15(14)26/h4-10H,11H2,1-3H3,(H,25,27). The first kappa shape index (κ1) is 22.0. The van der Waals surface area contributed by atoms with Crippen molar-refractivity contribution in [3.63, 3.8) is 0 Å². The van der Waals surface area contributed by atoms with Gasteiger partial charge in [-0.3, -0.25) is 14.5 Å². The molecule has 0 aromatic heterocycles. The molecule has 164 valence electrons. The molecular formula is C21H19F3N2O5. The SMILES string of the molecule is COc1cc(C=CC(=O)N2CC(=O)Nc3cc(C(F)(F)F)ccc32)cc(OC)c1OC. The number of anilines is 2. The summed E-state index contributed by atoms with van der Waals surface area (Å²) in [4.78, 5) is 25.8. The van der Waals surface area contributed by atoms with Crippen LogP contribution in [0.5, 0.6) is 17.2 Å². The normalized spacial score (nSPS) is 13.6. The number of hydrogen-bond donors (Lipinski definition) is 1. The number of carbonyl (C=O) groups is 2. The van der Waals surface area contributed by atoms with E-state index >= 15 is 0 Å². The molecule has 1 aliphatic heterocycles. The lowest BCUT2D eigenvalue weighted by Gasteiger charge is -2.29. The fourth-order valence-corrected chi connectivity index (χ4v) is 3.12. The first-order valence-electron chi connectivity index (χ1n) is 8.98. The Labute approximate surface area is 176 Å². The highest BCUT2D eigenvalue weighted by atomic mass is 19.4. The van der Waals surface area contributed by atoms with Crippen molar-refractivity contribution in [1.82, 2.24) is 0 Å².